The van der Waals surface area contributed by atoms with Gasteiger partial charge in [-0.1, -0.05) is 11.6 Å². The summed E-state index contributed by atoms with van der Waals surface area (Å²) in [4.78, 5) is 5.93. The molecule has 1 aliphatic heterocycles. The molecule has 1 aliphatic rings. The van der Waals surface area contributed by atoms with Gasteiger partial charge in [-0.2, -0.15) is 0 Å². The molecule has 2 heterocycles. The van der Waals surface area contributed by atoms with E-state index in [0.717, 1.165) is 5.82 Å². The molecule has 1 saturated heterocycles. The zero-order valence-electron chi connectivity index (χ0n) is 7.47. The highest BCUT2D eigenvalue weighted by atomic mass is 35.5. The maximum atomic E-state index is 9.34. The molecule has 1 fully saturated rings. The topological polar surface area (TPSA) is 56.6 Å². The third-order valence-corrected chi connectivity index (χ3v) is 2.52. The molecular weight excluding hydrogens is 204 g/mol. The van der Waals surface area contributed by atoms with Crippen LogP contribution in [0.2, 0.25) is 5.02 Å². The van der Waals surface area contributed by atoms with E-state index >= 15 is 0 Å². The molecule has 2 rings (SSSR count). The predicted octanol–water partition coefficient (Wildman–Crippen LogP) is 0.277. The zero-order chi connectivity index (χ0) is 10.1. The molecule has 0 bridgehead atoms. The largest absolute Gasteiger partial charge is 0.389 e. The highest BCUT2D eigenvalue weighted by Crippen LogP contribution is 2.19. The van der Waals surface area contributed by atoms with Crippen LogP contribution in [0.4, 0.5) is 5.82 Å². The number of hydrogen-bond acceptors (Lipinski definition) is 4. The van der Waals surface area contributed by atoms with Gasteiger partial charge >= 0.3 is 0 Å². The summed E-state index contributed by atoms with van der Waals surface area (Å²) in [6.45, 7) is 0.825. The minimum Gasteiger partial charge on any atom is -0.389 e. The van der Waals surface area contributed by atoms with Gasteiger partial charge in [0.15, 0.2) is 0 Å². The quantitative estimate of drug-likeness (QED) is 0.705. The van der Waals surface area contributed by atoms with Crippen molar-refractivity contribution in [3.05, 3.63) is 23.4 Å². The molecule has 4 nitrogen and oxygen atoms in total. The molecule has 76 valence electrons. The van der Waals surface area contributed by atoms with E-state index in [1.54, 1.807) is 18.3 Å². The van der Waals surface area contributed by atoms with Crippen LogP contribution in [0, 0.1) is 0 Å². The summed E-state index contributed by atoms with van der Waals surface area (Å²) < 4.78 is 0. The minimum absolute atomic E-state index is 0.412. The summed E-state index contributed by atoms with van der Waals surface area (Å²) in [5, 5.41) is 19.3. The van der Waals surface area contributed by atoms with Crippen LogP contribution < -0.4 is 4.90 Å². The highest BCUT2D eigenvalue weighted by molar-refractivity contribution is 6.30. The van der Waals surface area contributed by atoms with Crippen LogP contribution in [0.3, 0.4) is 0 Å². The summed E-state index contributed by atoms with van der Waals surface area (Å²) in [5.74, 6) is 0.727. The molecule has 0 radical (unpaired) electrons. The maximum Gasteiger partial charge on any atom is 0.128 e. The number of hydrogen-bond donors (Lipinski definition) is 2. The van der Waals surface area contributed by atoms with Gasteiger partial charge in [0.1, 0.15) is 5.82 Å². The van der Waals surface area contributed by atoms with E-state index in [1.807, 2.05) is 4.90 Å². The summed E-state index contributed by atoms with van der Waals surface area (Å²) >= 11 is 5.70. The van der Waals surface area contributed by atoms with E-state index < -0.39 is 12.2 Å². The second kappa shape index (κ2) is 3.73. The Morgan fingerprint density at radius 3 is 2.43 bits per heavy atom. The molecular formula is C9H11ClN2O2. The van der Waals surface area contributed by atoms with Crippen molar-refractivity contribution in [3.63, 3.8) is 0 Å². The third kappa shape index (κ3) is 1.82. The standard InChI is InChI=1S/C9H11ClN2O2/c10-6-1-2-9(11-3-6)12-4-7(13)8(14)5-12/h1-3,7-8,13-14H,4-5H2. The second-order valence-electron chi connectivity index (χ2n) is 3.37. The summed E-state index contributed by atoms with van der Waals surface area (Å²) in [6, 6.07) is 3.51. The number of pyridine rings is 1. The number of nitrogens with zero attached hydrogens (tertiary/aromatic N) is 2. The first-order valence-corrected chi connectivity index (χ1v) is 4.77. The lowest BCUT2D eigenvalue weighted by atomic mass is 10.3. The number of aliphatic hydroxyl groups is 2. The Balaban J connectivity index is 2.13. The van der Waals surface area contributed by atoms with E-state index in [4.69, 9.17) is 11.6 Å². The molecule has 2 unspecified atom stereocenters. The van der Waals surface area contributed by atoms with Crippen LogP contribution in [-0.2, 0) is 0 Å². The Labute approximate surface area is 86.8 Å². The monoisotopic (exact) mass is 214 g/mol. The van der Waals surface area contributed by atoms with Gasteiger partial charge in [-0.25, -0.2) is 4.98 Å². The molecule has 1 aromatic heterocycles. The lowest BCUT2D eigenvalue weighted by molar-refractivity contribution is 0.0572. The smallest absolute Gasteiger partial charge is 0.128 e. The Hall–Kier alpha value is -0.840. The fraction of sp³-hybridized carbons (Fsp3) is 0.444. The normalized spacial score (nSPS) is 26.9. The number of halogens is 1. The van der Waals surface area contributed by atoms with Gasteiger partial charge in [0, 0.05) is 19.3 Å². The summed E-state index contributed by atoms with van der Waals surface area (Å²) in [6.07, 6.45) is 0.175. The van der Waals surface area contributed by atoms with Crippen molar-refractivity contribution in [2.75, 3.05) is 18.0 Å². The maximum absolute atomic E-state index is 9.34. The molecule has 0 amide bonds. The van der Waals surface area contributed by atoms with Crippen LogP contribution in [-0.4, -0.2) is 40.5 Å². The van der Waals surface area contributed by atoms with Crippen molar-refractivity contribution in [1.82, 2.24) is 4.98 Å². The molecule has 1 aromatic rings. The van der Waals surface area contributed by atoms with Gasteiger partial charge in [0.25, 0.3) is 0 Å². The van der Waals surface area contributed by atoms with Gasteiger partial charge < -0.3 is 15.1 Å². The highest BCUT2D eigenvalue weighted by Gasteiger charge is 2.29. The van der Waals surface area contributed by atoms with Gasteiger partial charge in [0.2, 0.25) is 0 Å². The summed E-state index contributed by atoms with van der Waals surface area (Å²) in [5.41, 5.74) is 0. The molecule has 14 heavy (non-hydrogen) atoms. The second-order valence-corrected chi connectivity index (χ2v) is 3.81. The van der Waals surface area contributed by atoms with Crippen LogP contribution in [0.25, 0.3) is 0 Å². The lowest BCUT2D eigenvalue weighted by Gasteiger charge is -2.15. The van der Waals surface area contributed by atoms with E-state index in [9.17, 15) is 10.2 Å². The molecule has 0 aliphatic carbocycles. The number of aromatic nitrogens is 1. The third-order valence-electron chi connectivity index (χ3n) is 2.29. The predicted molar refractivity (Wildman–Crippen MR) is 53.5 cm³/mol. The Morgan fingerprint density at radius 2 is 1.93 bits per heavy atom. The molecule has 2 N–H and O–H groups in total. The zero-order valence-corrected chi connectivity index (χ0v) is 8.22. The number of rotatable bonds is 1. The Morgan fingerprint density at radius 1 is 1.29 bits per heavy atom. The van der Waals surface area contributed by atoms with Crippen molar-refractivity contribution in [3.8, 4) is 0 Å². The van der Waals surface area contributed by atoms with Crippen LogP contribution in [0.1, 0.15) is 0 Å². The van der Waals surface area contributed by atoms with E-state index in [-0.39, 0.29) is 0 Å². The molecule has 0 spiro atoms. The number of aliphatic hydroxyl groups excluding tert-OH is 2. The lowest BCUT2D eigenvalue weighted by Crippen LogP contribution is -2.22. The Kier molecular flexibility index (Phi) is 2.58. The van der Waals surface area contributed by atoms with E-state index in [0.29, 0.717) is 18.1 Å². The van der Waals surface area contributed by atoms with Crippen molar-refractivity contribution in [1.29, 1.82) is 0 Å². The van der Waals surface area contributed by atoms with Gasteiger partial charge in [-0.05, 0) is 12.1 Å². The fourth-order valence-corrected chi connectivity index (χ4v) is 1.62. The number of β-amino-alcohol motifs (C(OH)–C–C–N with tert-alkyl or cyclic N) is 2. The van der Waals surface area contributed by atoms with Crippen LogP contribution in [0.5, 0.6) is 0 Å². The van der Waals surface area contributed by atoms with E-state index in [1.165, 1.54) is 0 Å². The first-order valence-electron chi connectivity index (χ1n) is 4.39. The molecule has 5 heteroatoms. The SMILES string of the molecule is OC1CN(c2ccc(Cl)cn2)CC1O. The summed E-state index contributed by atoms with van der Waals surface area (Å²) in [7, 11) is 0. The number of anilines is 1. The van der Waals surface area contributed by atoms with Crippen molar-refractivity contribution in [2.45, 2.75) is 12.2 Å². The molecule has 0 aromatic carbocycles. The van der Waals surface area contributed by atoms with Gasteiger partial charge in [-0.15, -0.1) is 0 Å². The Bertz CT molecular complexity index is 307. The average Bonchev–Trinajstić information content (AvgIpc) is 2.48. The van der Waals surface area contributed by atoms with Crippen molar-refractivity contribution in [2.24, 2.45) is 0 Å². The fourth-order valence-electron chi connectivity index (χ4n) is 1.51. The van der Waals surface area contributed by atoms with Gasteiger partial charge in [-0.3, -0.25) is 0 Å². The molecule has 0 saturated carbocycles. The average molecular weight is 215 g/mol. The van der Waals surface area contributed by atoms with Crippen molar-refractivity contribution >= 4 is 17.4 Å². The first kappa shape index (κ1) is 9.71. The van der Waals surface area contributed by atoms with Gasteiger partial charge in [0.05, 0.1) is 17.2 Å². The molecule has 2 atom stereocenters. The first-order chi connectivity index (χ1) is 6.66. The van der Waals surface area contributed by atoms with Crippen LogP contribution in [0.15, 0.2) is 18.3 Å². The van der Waals surface area contributed by atoms with E-state index in [2.05, 4.69) is 4.98 Å². The minimum atomic E-state index is -0.688. The van der Waals surface area contributed by atoms with Crippen molar-refractivity contribution < 1.29 is 10.2 Å². The van der Waals surface area contributed by atoms with Crippen LogP contribution >= 0.6 is 11.6 Å².